The lowest BCUT2D eigenvalue weighted by atomic mass is 9.88. The molecule has 1 heterocycles. The van der Waals surface area contributed by atoms with Crippen LogP contribution in [0, 0.1) is 11.8 Å². The first-order valence-electron chi connectivity index (χ1n) is 8.83. The Hall–Kier alpha value is -2.05. The van der Waals surface area contributed by atoms with Gasteiger partial charge in [-0.25, -0.2) is 0 Å². The Morgan fingerprint density at radius 1 is 1.27 bits per heavy atom. The molecular formula is C19H25F3N2O2. The fourth-order valence-corrected chi connectivity index (χ4v) is 3.25. The summed E-state index contributed by atoms with van der Waals surface area (Å²) in [5.74, 6) is -0.0899. The molecule has 4 nitrogen and oxygen atoms in total. The number of benzene rings is 1. The number of hydrogen-bond donors (Lipinski definition) is 1. The van der Waals surface area contributed by atoms with Gasteiger partial charge >= 0.3 is 6.18 Å². The first-order chi connectivity index (χ1) is 12.1. The van der Waals surface area contributed by atoms with Crippen molar-refractivity contribution in [3.05, 3.63) is 35.4 Å². The summed E-state index contributed by atoms with van der Waals surface area (Å²) in [7, 11) is 0. The molecule has 0 spiro atoms. The van der Waals surface area contributed by atoms with Crippen LogP contribution in [0.25, 0.3) is 0 Å². The number of likely N-dealkylation sites (tertiary alicyclic amines) is 1. The Morgan fingerprint density at radius 2 is 1.88 bits per heavy atom. The molecule has 0 aromatic heterocycles. The molecule has 1 aromatic rings. The van der Waals surface area contributed by atoms with Gasteiger partial charge in [0.2, 0.25) is 11.8 Å². The number of carbonyl (C=O) groups excluding carboxylic acids is 2. The largest absolute Gasteiger partial charge is 0.416 e. The summed E-state index contributed by atoms with van der Waals surface area (Å²) in [6, 6.07) is 4.55. The highest BCUT2D eigenvalue weighted by Gasteiger charge is 2.36. The molecule has 0 radical (unpaired) electrons. The van der Waals surface area contributed by atoms with Gasteiger partial charge in [0, 0.05) is 25.6 Å². The number of rotatable bonds is 5. The second-order valence-electron chi connectivity index (χ2n) is 7.24. The first-order valence-corrected chi connectivity index (χ1v) is 8.83. The smallest absolute Gasteiger partial charge is 0.352 e. The Balaban J connectivity index is 1.95. The number of amides is 2. The monoisotopic (exact) mass is 370 g/mol. The van der Waals surface area contributed by atoms with Crippen molar-refractivity contribution >= 4 is 11.8 Å². The van der Waals surface area contributed by atoms with Crippen LogP contribution >= 0.6 is 0 Å². The highest BCUT2D eigenvalue weighted by atomic mass is 19.4. The third kappa shape index (κ3) is 4.99. The van der Waals surface area contributed by atoms with Gasteiger partial charge in [-0.2, -0.15) is 13.2 Å². The van der Waals surface area contributed by atoms with Gasteiger partial charge in [0.1, 0.15) is 0 Å². The van der Waals surface area contributed by atoms with Gasteiger partial charge < -0.3 is 10.2 Å². The molecule has 7 heteroatoms. The summed E-state index contributed by atoms with van der Waals surface area (Å²) < 4.78 is 37.7. The van der Waals surface area contributed by atoms with Gasteiger partial charge in [0.25, 0.3) is 0 Å². The molecule has 1 N–H and O–H groups in total. The van der Waals surface area contributed by atoms with E-state index >= 15 is 0 Å². The Bertz CT molecular complexity index is 641. The Morgan fingerprint density at radius 3 is 2.42 bits per heavy atom. The van der Waals surface area contributed by atoms with Crippen molar-refractivity contribution in [1.29, 1.82) is 0 Å². The number of piperidine rings is 1. The molecular weight excluding hydrogens is 345 g/mol. The van der Waals surface area contributed by atoms with E-state index in [1.165, 1.54) is 12.1 Å². The third-order valence-electron chi connectivity index (χ3n) is 4.71. The number of halogens is 3. The van der Waals surface area contributed by atoms with Crippen LogP contribution in [0.4, 0.5) is 13.2 Å². The number of hydrogen-bond acceptors (Lipinski definition) is 2. The molecule has 1 fully saturated rings. The van der Waals surface area contributed by atoms with E-state index in [0.29, 0.717) is 30.9 Å². The summed E-state index contributed by atoms with van der Waals surface area (Å²) in [5.41, 5.74) is -0.110. The maximum Gasteiger partial charge on any atom is 0.416 e. The molecule has 0 aliphatic carbocycles. The van der Waals surface area contributed by atoms with Gasteiger partial charge in [-0.15, -0.1) is 0 Å². The van der Waals surface area contributed by atoms with Gasteiger partial charge in [-0.05, 0) is 37.0 Å². The second-order valence-corrected chi connectivity index (χ2v) is 7.24. The van der Waals surface area contributed by atoms with Crippen molar-refractivity contribution < 1.29 is 22.8 Å². The van der Waals surface area contributed by atoms with Crippen LogP contribution in [-0.4, -0.2) is 29.3 Å². The van der Waals surface area contributed by atoms with Crippen molar-refractivity contribution in [3.8, 4) is 0 Å². The first kappa shape index (κ1) is 20.3. The van der Waals surface area contributed by atoms with Gasteiger partial charge in [0.05, 0.1) is 11.5 Å². The second kappa shape index (κ2) is 8.10. The summed E-state index contributed by atoms with van der Waals surface area (Å²) in [5, 5.41) is 2.79. The predicted molar refractivity (Wildman–Crippen MR) is 92.0 cm³/mol. The average Bonchev–Trinajstić information content (AvgIpc) is 2.56. The third-order valence-corrected chi connectivity index (χ3v) is 4.71. The molecule has 0 saturated carbocycles. The fourth-order valence-electron chi connectivity index (χ4n) is 3.25. The van der Waals surface area contributed by atoms with Crippen molar-refractivity contribution in [1.82, 2.24) is 10.2 Å². The number of carbonyl (C=O) groups is 2. The minimum Gasteiger partial charge on any atom is -0.352 e. The minimum absolute atomic E-state index is 0.0676. The van der Waals surface area contributed by atoms with Crippen LogP contribution in [0.3, 0.4) is 0 Å². The van der Waals surface area contributed by atoms with Crippen LogP contribution in [-0.2, 0) is 22.3 Å². The van der Waals surface area contributed by atoms with E-state index in [4.69, 9.17) is 0 Å². The van der Waals surface area contributed by atoms with Crippen LogP contribution in [0.2, 0.25) is 0 Å². The molecule has 2 amide bonds. The molecule has 1 saturated heterocycles. The molecule has 2 atom stereocenters. The number of nitrogens with zero attached hydrogens (tertiary/aromatic N) is 1. The van der Waals surface area contributed by atoms with E-state index < -0.39 is 11.7 Å². The van der Waals surface area contributed by atoms with Crippen LogP contribution in [0.5, 0.6) is 0 Å². The van der Waals surface area contributed by atoms with E-state index in [1.54, 1.807) is 4.90 Å². The summed E-state index contributed by atoms with van der Waals surface area (Å²) >= 11 is 0. The molecule has 1 aliphatic heterocycles. The lowest BCUT2D eigenvalue weighted by molar-refractivity contribution is -0.143. The summed E-state index contributed by atoms with van der Waals surface area (Å²) in [6.45, 7) is 6.70. The lowest BCUT2D eigenvalue weighted by Crippen LogP contribution is -2.52. The topological polar surface area (TPSA) is 49.4 Å². The van der Waals surface area contributed by atoms with Crippen LogP contribution in [0.1, 0.15) is 44.7 Å². The van der Waals surface area contributed by atoms with Crippen molar-refractivity contribution in [2.75, 3.05) is 6.54 Å². The van der Waals surface area contributed by atoms with Crippen LogP contribution in [0.15, 0.2) is 24.3 Å². The van der Waals surface area contributed by atoms with Crippen molar-refractivity contribution in [2.45, 2.75) is 52.4 Å². The molecule has 26 heavy (non-hydrogen) atoms. The van der Waals surface area contributed by atoms with Gasteiger partial charge in [0.15, 0.2) is 0 Å². The minimum atomic E-state index is -4.37. The molecule has 1 aliphatic rings. The quantitative estimate of drug-likeness (QED) is 0.861. The standard InChI is InChI=1S/C19H25F3N2O2/c1-12(2)11-24-13(3)16(8-9-17(24)25)18(26)23-10-14-4-6-15(7-5-14)19(20,21)22/h4-7,12-13,16H,8-11H2,1-3H3,(H,23,26)/t13-,16-/m1/s1. The zero-order valence-corrected chi connectivity index (χ0v) is 15.3. The Labute approximate surface area is 151 Å². The summed E-state index contributed by atoms with van der Waals surface area (Å²) in [6.07, 6.45) is -3.53. The zero-order chi connectivity index (χ0) is 19.5. The van der Waals surface area contributed by atoms with E-state index in [0.717, 1.165) is 12.1 Å². The lowest BCUT2D eigenvalue weighted by Gasteiger charge is -2.39. The summed E-state index contributed by atoms with van der Waals surface area (Å²) in [4.78, 5) is 26.4. The predicted octanol–water partition coefficient (Wildman–Crippen LogP) is 3.60. The zero-order valence-electron chi connectivity index (χ0n) is 15.3. The molecule has 1 aromatic carbocycles. The maximum atomic E-state index is 12.6. The SMILES string of the molecule is CC(C)CN1C(=O)CC[C@@H](C(=O)NCc2ccc(C(F)(F)F)cc2)[C@H]1C. The maximum absolute atomic E-state index is 12.6. The highest BCUT2D eigenvalue weighted by Crippen LogP contribution is 2.29. The highest BCUT2D eigenvalue weighted by molar-refractivity contribution is 5.84. The normalized spacial score (nSPS) is 21.2. The fraction of sp³-hybridized carbons (Fsp3) is 0.579. The average molecular weight is 370 g/mol. The molecule has 0 unspecified atom stereocenters. The number of nitrogens with one attached hydrogen (secondary N) is 1. The van der Waals surface area contributed by atoms with Crippen molar-refractivity contribution in [2.24, 2.45) is 11.8 Å². The molecule has 144 valence electrons. The van der Waals surface area contributed by atoms with Crippen LogP contribution < -0.4 is 5.32 Å². The molecule has 2 rings (SSSR count). The van der Waals surface area contributed by atoms with E-state index in [9.17, 15) is 22.8 Å². The van der Waals surface area contributed by atoms with Crippen molar-refractivity contribution in [3.63, 3.8) is 0 Å². The Kier molecular flexibility index (Phi) is 6.31. The number of alkyl halides is 3. The van der Waals surface area contributed by atoms with Gasteiger partial charge in [-0.1, -0.05) is 26.0 Å². The van der Waals surface area contributed by atoms with E-state index in [2.05, 4.69) is 5.32 Å². The molecule has 0 bridgehead atoms. The van der Waals surface area contributed by atoms with Gasteiger partial charge in [-0.3, -0.25) is 9.59 Å². The van der Waals surface area contributed by atoms with E-state index in [-0.39, 0.29) is 30.3 Å². The van der Waals surface area contributed by atoms with E-state index in [1.807, 2.05) is 20.8 Å².